The fourth-order valence-corrected chi connectivity index (χ4v) is 3.91. The predicted octanol–water partition coefficient (Wildman–Crippen LogP) is 6.59. The monoisotopic (exact) mass is 421 g/mol. The van der Waals surface area contributed by atoms with Gasteiger partial charge in [0.05, 0.1) is 5.56 Å². The molecule has 0 saturated heterocycles. The van der Waals surface area contributed by atoms with E-state index in [1.807, 2.05) is 38.1 Å². The molecule has 0 aliphatic carbocycles. The SMILES string of the molecule is CCC(C)NC(=O)c1sc2ccccc2c1OC(C)c1ccc(C(F)(F)F)cc1. The van der Waals surface area contributed by atoms with Crippen LogP contribution in [0.25, 0.3) is 10.1 Å². The quantitative estimate of drug-likeness (QED) is 0.488. The van der Waals surface area contributed by atoms with E-state index < -0.39 is 17.8 Å². The number of nitrogens with one attached hydrogen (secondary N) is 1. The molecule has 1 heterocycles. The molecule has 0 bridgehead atoms. The van der Waals surface area contributed by atoms with Crippen molar-refractivity contribution in [3.05, 3.63) is 64.5 Å². The summed E-state index contributed by atoms with van der Waals surface area (Å²) in [5.41, 5.74) is -0.107. The van der Waals surface area contributed by atoms with Crippen LogP contribution in [0.4, 0.5) is 13.2 Å². The van der Waals surface area contributed by atoms with Gasteiger partial charge < -0.3 is 10.1 Å². The highest BCUT2D eigenvalue weighted by Gasteiger charge is 2.30. The van der Waals surface area contributed by atoms with Gasteiger partial charge in [-0.25, -0.2) is 0 Å². The standard InChI is InChI=1S/C22H22F3NO2S/c1-4-13(2)26-21(27)20-19(17-7-5-6-8-18(17)29-20)28-14(3)15-9-11-16(12-10-15)22(23,24)25/h5-14H,4H2,1-3H3,(H,26,27). The molecule has 2 aromatic carbocycles. The highest BCUT2D eigenvalue weighted by Crippen LogP contribution is 2.40. The largest absolute Gasteiger partial charge is 0.484 e. The van der Waals surface area contributed by atoms with Gasteiger partial charge in [-0.1, -0.05) is 31.2 Å². The number of carbonyl (C=O) groups excluding carboxylic acids is 1. The predicted molar refractivity (Wildman–Crippen MR) is 110 cm³/mol. The van der Waals surface area contributed by atoms with Crippen molar-refractivity contribution in [3.63, 3.8) is 0 Å². The van der Waals surface area contributed by atoms with Crippen molar-refractivity contribution in [2.24, 2.45) is 0 Å². The second-order valence-electron chi connectivity index (χ2n) is 6.92. The van der Waals surface area contributed by atoms with E-state index in [-0.39, 0.29) is 11.9 Å². The van der Waals surface area contributed by atoms with Gasteiger partial charge in [0.15, 0.2) is 5.75 Å². The summed E-state index contributed by atoms with van der Waals surface area (Å²) in [6.45, 7) is 5.67. The van der Waals surface area contributed by atoms with Gasteiger partial charge in [-0.3, -0.25) is 4.79 Å². The Kier molecular flexibility index (Phi) is 6.17. The molecule has 3 rings (SSSR count). The van der Waals surface area contributed by atoms with E-state index in [4.69, 9.17) is 4.74 Å². The topological polar surface area (TPSA) is 38.3 Å². The Morgan fingerprint density at radius 2 is 1.76 bits per heavy atom. The molecule has 3 nitrogen and oxygen atoms in total. The lowest BCUT2D eigenvalue weighted by atomic mass is 10.1. The Morgan fingerprint density at radius 3 is 2.38 bits per heavy atom. The molecule has 154 valence electrons. The van der Waals surface area contributed by atoms with E-state index >= 15 is 0 Å². The number of fused-ring (bicyclic) bond motifs is 1. The van der Waals surface area contributed by atoms with Gasteiger partial charge in [-0.05, 0) is 50.1 Å². The maximum atomic E-state index is 12.8. The van der Waals surface area contributed by atoms with E-state index in [0.717, 1.165) is 28.6 Å². The lowest BCUT2D eigenvalue weighted by molar-refractivity contribution is -0.137. The van der Waals surface area contributed by atoms with E-state index in [2.05, 4.69) is 5.32 Å². The second kappa shape index (κ2) is 8.45. The van der Waals surface area contributed by atoms with Crippen molar-refractivity contribution in [2.45, 2.75) is 45.5 Å². The zero-order valence-electron chi connectivity index (χ0n) is 16.3. The third-order valence-electron chi connectivity index (χ3n) is 4.75. The summed E-state index contributed by atoms with van der Waals surface area (Å²) in [5.74, 6) is 0.244. The number of thiophene rings is 1. The molecular weight excluding hydrogens is 399 g/mol. The van der Waals surface area contributed by atoms with Gasteiger partial charge in [0, 0.05) is 16.1 Å². The number of hydrogen-bond acceptors (Lipinski definition) is 3. The lowest BCUT2D eigenvalue weighted by Crippen LogP contribution is -2.31. The number of benzene rings is 2. The van der Waals surface area contributed by atoms with E-state index in [0.29, 0.717) is 16.2 Å². The van der Waals surface area contributed by atoms with Gasteiger partial charge in [0.25, 0.3) is 5.91 Å². The summed E-state index contributed by atoms with van der Waals surface area (Å²) in [5, 5.41) is 3.76. The third kappa shape index (κ3) is 4.72. The molecule has 1 amide bonds. The minimum absolute atomic E-state index is 0.0212. The maximum Gasteiger partial charge on any atom is 0.416 e. The number of halogens is 3. The second-order valence-corrected chi connectivity index (χ2v) is 7.97. The van der Waals surface area contributed by atoms with Crippen molar-refractivity contribution in [1.82, 2.24) is 5.32 Å². The van der Waals surface area contributed by atoms with Crippen molar-refractivity contribution >= 4 is 27.3 Å². The summed E-state index contributed by atoms with van der Waals surface area (Å²) in [7, 11) is 0. The van der Waals surface area contributed by atoms with Gasteiger partial charge in [-0.15, -0.1) is 11.3 Å². The molecule has 2 atom stereocenters. The van der Waals surface area contributed by atoms with Crippen LogP contribution >= 0.6 is 11.3 Å². The minimum atomic E-state index is -4.38. The highest BCUT2D eigenvalue weighted by atomic mass is 32.1. The first-order valence-corrected chi connectivity index (χ1v) is 10.2. The van der Waals surface area contributed by atoms with Crippen LogP contribution in [0, 0.1) is 0 Å². The first kappa shape index (κ1) is 21.2. The molecule has 0 fully saturated rings. The number of hydrogen-bond donors (Lipinski definition) is 1. The molecule has 0 radical (unpaired) electrons. The Hall–Kier alpha value is -2.54. The van der Waals surface area contributed by atoms with Crippen molar-refractivity contribution in [3.8, 4) is 5.75 Å². The fourth-order valence-electron chi connectivity index (χ4n) is 2.87. The van der Waals surface area contributed by atoms with Crippen LogP contribution in [0.2, 0.25) is 0 Å². The molecule has 0 saturated carbocycles. The van der Waals surface area contributed by atoms with E-state index in [1.54, 1.807) is 6.92 Å². The molecule has 29 heavy (non-hydrogen) atoms. The molecule has 0 aliphatic heterocycles. The minimum Gasteiger partial charge on any atom is -0.484 e. The first-order valence-electron chi connectivity index (χ1n) is 9.37. The summed E-state index contributed by atoms with van der Waals surface area (Å²) < 4.78 is 45.4. The Balaban J connectivity index is 1.92. The van der Waals surface area contributed by atoms with Crippen LogP contribution in [0.15, 0.2) is 48.5 Å². The highest BCUT2D eigenvalue weighted by molar-refractivity contribution is 7.21. The number of alkyl halides is 3. The summed E-state index contributed by atoms with van der Waals surface area (Å²) in [4.78, 5) is 13.2. The molecule has 0 aliphatic rings. The number of carbonyl (C=O) groups is 1. The number of amides is 1. The normalized spacial score (nSPS) is 13.9. The van der Waals surface area contributed by atoms with Gasteiger partial charge >= 0.3 is 6.18 Å². The van der Waals surface area contributed by atoms with Crippen LogP contribution in [0.1, 0.15) is 54.1 Å². The zero-order chi connectivity index (χ0) is 21.2. The van der Waals surface area contributed by atoms with Crippen LogP contribution in [0.5, 0.6) is 5.75 Å². The molecule has 7 heteroatoms. The van der Waals surface area contributed by atoms with Crippen molar-refractivity contribution < 1.29 is 22.7 Å². The summed E-state index contributed by atoms with van der Waals surface area (Å²) >= 11 is 1.34. The average molecular weight is 421 g/mol. The van der Waals surface area contributed by atoms with Crippen LogP contribution < -0.4 is 10.1 Å². The van der Waals surface area contributed by atoms with E-state index in [9.17, 15) is 18.0 Å². The van der Waals surface area contributed by atoms with Gasteiger partial charge in [0.2, 0.25) is 0 Å². The Labute approximate surface area is 171 Å². The van der Waals surface area contributed by atoms with Gasteiger partial charge in [-0.2, -0.15) is 13.2 Å². The molecule has 2 unspecified atom stereocenters. The molecule has 0 spiro atoms. The molecule has 1 aromatic heterocycles. The molecular formula is C22H22F3NO2S. The fraction of sp³-hybridized carbons (Fsp3) is 0.318. The Morgan fingerprint density at radius 1 is 1.10 bits per heavy atom. The maximum absolute atomic E-state index is 12.8. The number of ether oxygens (including phenoxy) is 1. The molecule has 3 aromatic rings. The van der Waals surface area contributed by atoms with Crippen LogP contribution in [-0.4, -0.2) is 11.9 Å². The summed E-state index contributed by atoms with van der Waals surface area (Å²) in [6.07, 6.45) is -4.10. The lowest BCUT2D eigenvalue weighted by Gasteiger charge is -2.17. The molecule has 1 N–H and O–H groups in total. The van der Waals surface area contributed by atoms with E-state index in [1.165, 1.54) is 23.5 Å². The first-order chi connectivity index (χ1) is 13.7. The van der Waals surface area contributed by atoms with Gasteiger partial charge in [0.1, 0.15) is 11.0 Å². The smallest absolute Gasteiger partial charge is 0.416 e. The summed E-state index contributed by atoms with van der Waals surface area (Å²) in [6, 6.07) is 12.4. The van der Waals surface area contributed by atoms with Crippen LogP contribution in [0.3, 0.4) is 0 Å². The third-order valence-corrected chi connectivity index (χ3v) is 5.90. The zero-order valence-corrected chi connectivity index (χ0v) is 17.2. The van der Waals surface area contributed by atoms with Crippen LogP contribution in [-0.2, 0) is 6.18 Å². The van der Waals surface area contributed by atoms with Crippen molar-refractivity contribution in [2.75, 3.05) is 0 Å². The average Bonchev–Trinajstić information content (AvgIpc) is 3.06. The van der Waals surface area contributed by atoms with Crippen molar-refractivity contribution in [1.29, 1.82) is 0 Å². The Bertz CT molecular complexity index is 995. The number of rotatable bonds is 6.